The van der Waals surface area contributed by atoms with Crippen LogP contribution in [0.25, 0.3) is 21.5 Å². The van der Waals surface area contributed by atoms with Crippen LogP contribution in [0.5, 0.6) is 5.75 Å². The summed E-state index contributed by atoms with van der Waals surface area (Å²) in [6.45, 7) is 3.60. The molecule has 1 aliphatic heterocycles. The minimum atomic E-state index is -0.347. The molecule has 1 fully saturated rings. The van der Waals surface area contributed by atoms with E-state index in [1.54, 1.807) is 14.2 Å². The van der Waals surface area contributed by atoms with Crippen molar-refractivity contribution in [3.05, 3.63) is 78.4 Å². The summed E-state index contributed by atoms with van der Waals surface area (Å²) in [4.78, 5) is 15.3. The van der Waals surface area contributed by atoms with Crippen molar-refractivity contribution in [3.8, 4) is 17.6 Å². The fourth-order valence-corrected chi connectivity index (χ4v) is 4.74. The maximum Gasteiger partial charge on any atom is 0.323 e. The summed E-state index contributed by atoms with van der Waals surface area (Å²) >= 11 is 0. The van der Waals surface area contributed by atoms with Crippen molar-refractivity contribution in [2.75, 3.05) is 57.7 Å². The molecule has 2 N–H and O–H groups in total. The van der Waals surface area contributed by atoms with Crippen molar-refractivity contribution >= 4 is 39.0 Å². The van der Waals surface area contributed by atoms with Gasteiger partial charge in [-0.3, -0.25) is 4.90 Å². The maximum atomic E-state index is 13.0. The van der Waals surface area contributed by atoms with E-state index in [1.165, 1.54) is 0 Å². The van der Waals surface area contributed by atoms with Gasteiger partial charge in [-0.1, -0.05) is 60.4 Å². The summed E-state index contributed by atoms with van der Waals surface area (Å²) in [5, 5.41) is 9.90. The van der Waals surface area contributed by atoms with Crippen molar-refractivity contribution in [3.63, 3.8) is 0 Å². The molecule has 1 heterocycles. The molecule has 0 aromatic heterocycles. The van der Waals surface area contributed by atoms with Crippen LogP contribution >= 0.6 is 0 Å². The highest BCUT2D eigenvalue weighted by atomic mass is 16.5. The van der Waals surface area contributed by atoms with Gasteiger partial charge in [0.15, 0.2) is 0 Å². The minimum Gasteiger partial charge on any atom is -0.495 e. The summed E-state index contributed by atoms with van der Waals surface area (Å²) in [6.07, 6.45) is 0.0856. The van der Waals surface area contributed by atoms with E-state index in [2.05, 4.69) is 27.4 Å². The van der Waals surface area contributed by atoms with Crippen LogP contribution in [0.3, 0.4) is 0 Å². The largest absolute Gasteiger partial charge is 0.495 e. The van der Waals surface area contributed by atoms with Gasteiger partial charge in [0.25, 0.3) is 0 Å². The molecule has 38 heavy (non-hydrogen) atoms. The number of anilines is 2. The van der Waals surface area contributed by atoms with Crippen molar-refractivity contribution in [1.29, 1.82) is 0 Å². The highest BCUT2D eigenvalue weighted by Crippen LogP contribution is 2.31. The number of methoxy groups -OCH3 is 2. The molecule has 4 aromatic rings. The number of hydrogen-bond acceptors (Lipinski definition) is 5. The second kappa shape index (κ2) is 12.0. The fraction of sp³-hybridized carbons (Fsp3) is 0.258. The summed E-state index contributed by atoms with van der Waals surface area (Å²) < 4.78 is 16.5. The van der Waals surface area contributed by atoms with Crippen LogP contribution < -0.4 is 15.4 Å². The average molecular weight is 510 g/mol. The molecule has 0 aliphatic carbocycles. The van der Waals surface area contributed by atoms with Crippen molar-refractivity contribution in [2.45, 2.75) is 6.10 Å². The maximum absolute atomic E-state index is 13.0. The monoisotopic (exact) mass is 509 g/mol. The number of rotatable bonds is 6. The average Bonchev–Trinajstić information content (AvgIpc) is 2.94. The van der Waals surface area contributed by atoms with E-state index < -0.39 is 0 Å². The summed E-state index contributed by atoms with van der Waals surface area (Å²) in [5.74, 6) is 7.24. The molecule has 7 heteroatoms. The number of nitrogens with zero attached hydrogens (tertiary/aromatic N) is 1. The van der Waals surface area contributed by atoms with Gasteiger partial charge in [-0.2, -0.15) is 0 Å². The van der Waals surface area contributed by atoms with E-state index in [0.717, 1.165) is 40.2 Å². The highest BCUT2D eigenvalue weighted by molar-refractivity contribution is 6.08. The number of ether oxygens (including phenoxy) is 3. The Bertz CT molecular complexity index is 1510. The molecule has 5 rings (SSSR count). The van der Waals surface area contributed by atoms with Crippen LogP contribution in [0.4, 0.5) is 16.2 Å². The Morgan fingerprint density at radius 3 is 2.50 bits per heavy atom. The molecule has 0 spiro atoms. The zero-order chi connectivity index (χ0) is 26.3. The van der Waals surface area contributed by atoms with Gasteiger partial charge in [0, 0.05) is 31.1 Å². The number of carbonyl (C=O) groups excluding carboxylic acids is 1. The van der Waals surface area contributed by atoms with E-state index in [0.29, 0.717) is 36.9 Å². The normalized spacial score (nSPS) is 15.6. The lowest BCUT2D eigenvalue weighted by Gasteiger charge is -2.31. The number of urea groups is 1. The Kier molecular flexibility index (Phi) is 8.05. The lowest BCUT2D eigenvalue weighted by molar-refractivity contribution is -0.0575. The van der Waals surface area contributed by atoms with Gasteiger partial charge in [0.1, 0.15) is 5.75 Å². The molecule has 2 amide bonds. The molecule has 4 aromatic carbocycles. The van der Waals surface area contributed by atoms with Crippen molar-refractivity contribution in [2.24, 2.45) is 0 Å². The highest BCUT2D eigenvalue weighted by Gasteiger charge is 2.19. The van der Waals surface area contributed by atoms with Crippen molar-refractivity contribution in [1.82, 2.24) is 4.90 Å². The molecule has 1 atom stereocenters. The Labute approximate surface area is 222 Å². The SMILES string of the molecule is COCC1CN(CC#Cc2ccc(NC(=O)Nc3cc4ccccc4cc3OC)c3ccccc23)CCO1. The third-order valence-electron chi connectivity index (χ3n) is 6.59. The predicted molar refractivity (Wildman–Crippen MR) is 152 cm³/mol. The van der Waals surface area contributed by atoms with Gasteiger partial charge < -0.3 is 24.8 Å². The first-order valence-corrected chi connectivity index (χ1v) is 12.6. The number of morpholine rings is 1. The quantitative estimate of drug-likeness (QED) is 0.343. The van der Waals surface area contributed by atoms with Gasteiger partial charge in [0.2, 0.25) is 0 Å². The van der Waals surface area contributed by atoms with Crippen molar-refractivity contribution < 1.29 is 19.0 Å². The third kappa shape index (κ3) is 5.90. The molecule has 0 bridgehead atoms. The first-order valence-electron chi connectivity index (χ1n) is 12.6. The van der Waals surface area contributed by atoms with E-state index in [4.69, 9.17) is 14.2 Å². The minimum absolute atomic E-state index is 0.0856. The number of fused-ring (bicyclic) bond motifs is 2. The molecule has 1 saturated heterocycles. The molecule has 1 unspecified atom stereocenters. The molecule has 0 radical (unpaired) electrons. The van der Waals surface area contributed by atoms with Gasteiger partial charge in [0.05, 0.1) is 44.3 Å². The van der Waals surface area contributed by atoms with Gasteiger partial charge in [-0.05, 0) is 40.4 Å². The molecular formula is C31H31N3O4. The molecule has 194 valence electrons. The number of nitrogens with one attached hydrogen (secondary N) is 2. The lowest BCUT2D eigenvalue weighted by atomic mass is 10.0. The number of amides is 2. The second-order valence-electron chi connectivity index (χ2n) is 9.17. The second-order valence-corrected chi connectivity index (χ2v) is 9.17. The Morgan fingerprint density at radius 1 is 0.974 bits per heavy atom. The van der Waals surface area contributed by atoms with E-state index in [-0.39, 0.29) is 12.1 Å². The Morgan fingerprint density at radius 2 is 1.71 bits per heavy atom. The zero-order valence-electron chi connectivity index (χ0n) is 21.6. The van der Waals surface area contributed by atoms with Crippen LogP contribution in [0.15, 0.2) is 72.8 Å². The van der Waals surface area contributed by atoms with Crippen LogP contribution in [0.2, 0.25) is 0 Å². The molecular weight excluding hydrogens is 478 g/mol. The number of hydrogen-bond donors (Lipinski definition) is 2. The zero-order valence-corrected chi connectivity index (χ0v) is 21.6. The van der Waals surface area contributed by atoms with Crippen LogP contribution in [0, 0.1) is 11.8 Å². The molecule has 1 aliphatic rings. The van der Waals surface area contributed by atoms with Crippen LogP contribution in [-0.4, -0.2) is 64.1 Å². The van der Waals surface area contributed by atoms with E-state index in [1.807, 2.05) is 72.8 Å². The van der Waals surface area contributed by atoms with E-state index >= 15 is 0 Å². The fourth-order valence-electron chi connectivity index (χ4n) is 4.74. The smallest absolute Gasteiger partial charge is 0.323 e. The molecule has 7 nitrogen and oxygen atoms in total. The van der Waals surface area contributed by atoms with Crippen LogP contribution in [0.1, 0.15) is 5.56 Å². The first-order chi connectivity index (χ1) is 18.6. The summed E-state index contributed by atoms with van der Waals surface area (Å²) in [7, 11) is 3.28. The van der Waals surface area contributed by atoms with E-state index in [9.17, 15) is 4.79 Å². The Balaban J connectivity index is 1.32. The standard InChI is InChI=1S/C31H31N3O4/c1-36-21-25-20-34(16-17-38-25)15-7-10-22-13-14-28(27-12-6-5-11-26(22)27)32-31(35)33-29-18-23-8-3-4-9-24(23)19-30(29)37-2/h3-6,8-9,11-14,18-19,25H,15-17,20-21H2,1-2H3,(H2,32,33,35). The summed E-state index contributed by atoms with van der Waals surface area (Å²) in [6, 6.07) is 23.2. The van der Waals surface area contributed by atoms with Gasteiger partial charge in [-0.15, -0.1) is 0 Å². The molecule has 0 saturated carbocycles. The van der Waals surface area contributed by atoms with Gasteiger partial charge >= 0.3 is 6.03 Å². The Hall–Kier alpha value is -4.09. The van der Waals surface area contributed by atoms with Crippen LogP contribution in [-0.2, 0) is 9.47 Å². The number of carbonyl (C=O) groups is 1. The third-order valence-corrected chi connectivity index (χ3v) is 6.59. The first kappa shape index (κ1) is 25.6. The topological polar surface area (TPSA) is 72.1 Å². The summed E-state index contributed by atoms with van der Waals surface area (Å²) in [5.41, 5.74) is 2.23. The lowest BCUT2D eigenvalue weighted by Crippen LogP contribution is -2.44. The van der Waals surface area contributed by atoms with Gasteiger partial charge in [-0.25, -0.2) is 4.79 Å². The number of benzene rings is 4. The predicted octanol–water partition coefficient (Wildman–Crippen LogP) is 5.34.